The van der Waals surface area contributed by atoms with Gasteiger partial charge in [0.2, 0.25) is 0 Å². The average molecular weight is 445 g/mol. The van der Waals surface area contributed by atoms with Crippen molar-refractivity contribution < 1.29 is 31.1 Å². The van der Waals surface area contributed by atoms with Crippen LogP contribution in [0.1, 0.15) is 5.56 Å². The highest BCUT2D eigenvalue weighted by atomic mass is 32.2. The molecule has 0 fully saturated rings. The number of aliphatic hydroxyl groups is 1. The number of amidine groups is 1. The third-order valence-corrected chi connectivity index (χ3v) is 5.77. The Bertz CT molecular complexity index is 1100. The minimum Gasteiger partial charge on any atom is -0.375 e. The van der Waals surface area contributed by atoms with Gasteiger partial charge in [0.25, 0.3) is 5.72 Å². The number of hydrogen-bond acceptors (Lipinski definition) is 6. The van der Waals surface area contributed by atoms with Crippen LogP contribution in [-0.4, -0.2) is 58.2 Å². The minimum absolute atomic E-state index is 0.0172. The Morgan fingerprint density at radius 1 is 1.13 bits per heavy atom. The molecule has 0 saturated heterocycles. The monoisotopic (exact) mass is 445 g/mol. The van der Waals surface area contributed by atoms with Gasteiger partial charge in [0.1, 0.15) is 11.7 Å². The molecule has 11 heteroatoms. The smallest absolute Gasteiger partial charge is 0.375 e. The lowest BCUT2D eigenvalue weighted by Gasteiger charge is -2.26. The first-order valence-electron chi connectivity index (χ1n) is 8.67. The van der Waals surface area contributed by atoms with Gasteiger partial charge >= 0.3 is 6.18 Å². The van der Waals surface area contributed by atoms with Crippen molar-refractivity contribution in [3.05, 3.63) is 53.8 Å². The number of rotatable bonds is 4. The zero-order chi connectivity index (χ0) is 22.5. The van der Waals surface area contributed by atoms with E-state index in [4.69, 9.17) is 0 Å². The molecule has 0 amide bonds. The van der Waals surface area contributed by atoms with Gasteiger partial charge in [-0.15, -0.1) is 0 Å². The van der Waals surface area contributed by atoms with E-state index in [2.05, 4.69) is 4.99 Å². The summed E-state index contributed by atoms with van der Waals surface area (Å²) in [6.07, 6.45) is -4.07. The van der Waals surface area contributed by atoms with Crippen molar-refractivity contribution in [2.24, 2.45) is 4.99 Å². The summed E-state index contributed by atoms with van der Waals surface area (Å²) >= 11 is 0. The van der Waals surface area contributed by atoms with Crippen LogP contribution in [0, 0.1) is 5.82 Å². The van der Waals surface area contributed by atoms with Crippen LogP contribution < -0.4 is 9.80 Å². The molecule has 0 aromatic heterocycles. The Morgan fingerprint density at radius 2 is 1.73 bits per heavy atom. The van der Waals surface area contributed by atoms with Gasteiger partial charge < -0.3 is 14.9 Å². The first kappa shape index (κ1) is 22.0. The summed E-state index contributed by atoms with van der Waals surface area (Å²) in [6.45, 7) is -0.957. The summed E-state index contributed by atoms with van der Waals surface area (Å²) in [5.74, 6) is -0.957. The maximum Gasteiger partial charge on any atom is 0.440 e. The molecule has 1 aliphatic rings. The van der Waals surface area contributed by atoms with E-state index in [0.717, 1.165) is 17.2 Å². The molecule has 6 nitrogen and oxygen atoms in total. The molecule has 30 heavy (non-hydrogen) atoms. The van der Waals surface area contributed by atoms with E-state index in [9.17, 15) is 31.1 Å². The van der Waals surface area contributed by atoms with E-state index in [1.807, 2.05) is 0 Å². The Balaban J connectivity index is 2.10. The average Bonchev–Trinajstić information content (AvgIpc) is 3.00. The summed E-state index contributed by atoms with van der Waals surface area (Å²) in [4.78, 5) is 6.04. The fourth-order valence-corrected chi connectivity index (χ4v) is 3.67. The molecule has 0 aliphatic carbocycles. The van der Waals surface area contributed by atoms with E-state index in [0.29, 0.717) is 0 Å². The van der Waals surface area contributed by atoms with Crippen LogP contribution in [0.25, 0.3) is 0 Å². The molecule has 1 heterocycles. The molecule has 162 valence electrons. The lowest BCUT2D eigenvalue weighted by molar-refractivity contribution is -0.249. The van der Waals surface area contributed by atoms with Crippen LogP contribution in [0.3, 0.4) is 0 Å². The van der Waals surface area contributed by atoms with E-state index >= 15 is 0 Å². The molecule has 0 radical (unpaired) electrons. The maximum absolute atomic E-state index is 14.4. The van der Waals surface area contributed by atoms with Crippen LogP contribution in [0.2, 0.25) is 0 Å². The molecule has 1 N–H and O–H groups in total. The summed E-state index contributed by atoms with van der Waals surface area (Å²) in [6, 6.07) is 8.91. The summed E-state index contributed by atoms with van der Waals surface area (Å²) < 4.78 is 78.1. The standard InChI is InChI=1S/C19H19F4N3O3S/c1-25(2)16-9-4-12(10-15(16)20)17-24-18(27,19(21,22)23)11-26(17)13-5-7-14(8-6-13)30(3,28)29/h4-10,27H,11H2,1-3H3. The number of nitrogens with zero attached hydrogens (tertiary/aromatic N) is 3. The Morgan fingerprint density at radius 3 is 2.20 bits per heavy atom. The number of aliphatic imine (C=N–C) groups is 1. The molecular formula is C19H19F4N3O3S. The van der Waals surface area contributed by atoms with Gasteiger partial charge in [-0.05, 0) is 42.5 Å². The van der Waals surface area contributed by atoms with Crippen molar-refractivity contribution in [2.45, 2.75) is 16.8 Å². The number of alkyl halides is 3. The van der Waals surface area contributed by atoms with Crippen LogP contribution >= 0.6 is 0 Å². The van der Waals surface area contributed by atoms with Gasteiger partial charge in [0, 0.05) is 31.6 Å². The van der Waals surface area contributed by atoms with E-state index in [-0.39, 0.29) is 27.7 Å². The fourth-order valence-electron chi connectivity index (χ4n) is 3.04. The summed E-state index contributed by atoms with van der Waals surface area (Å²) in [5.41, 5.74) is -2.97. The van der Waals surface area contributed by atoms with Crippen molar-refractivity contribution in [3.8, 4) is 0 Å². The number of β-amino-alcohol motifs (C(OH)–C–C–N with tert-alkyl or cyclic N) is 1. The number of anilines is 2. The highest BCUT2D eigenvalue weighted by Crippen LogP contribution is 2.39. The number of sulfone groups is 1. The van der Waals surface area contributed by atoms with Crippen molar-refractivity contribution in [1.29, 1.82) is 0 Å². The molecule has 2 aromatic rings. The predicted molar refractivity (Wildman–Crippen MR) is 105 cm³/mol. The van der Waals surface area contributed by atoms with Gasteiger partial charge in [0.05, 0.1) is 17.1 Å². The van der Waals surface area contributed by atoms with Gasteiger partial charge in [-0.1, -0.05) is 0 Å². The van der Waals surface area contributed by atoms with E-state index < -0.39 is 34.1 Å². The fraction of sp³-hybridized carbons (Fsp3) is 0.316. The lowest BCUT2D eigenvalue weighted by Crippen LogP contribution is -2.47. The molecule has 2 aromatic carbocycles. The van der Waals surface area contributed by atoms with Crippen LogP contribution in [0.15, 0.2) is 52.4 Å². The Labute approximate surface area is 171 Å². The number of halogens is 4. The largest absolute Gasteiger partial charge is 0.440 e. The molecule has 1 unspecified atom stereocenters. The van der Waals surface area contributed by atoms with Gasteiger partial charge in [-0.25, -0.2) is 17.8 Å². The zero-order valence-corrected chi connectivity index (χ0v) is 17.1. The van der Waals surface area contributed by atoms with Gasteiger partial charge in [0.15, 0.2) is 9.84 Å². The van der Waals surface area contributed by atoms with Crippen molar-refractivity contribution in [1.82, 2.24) is 0 Å². The summed E-state index contributed by atoms with van der Waals surface area (Å²) in [5, 5.41) is 10.1. The second-order valence-electron chi connectivity index (χ2n) is 7.16. The molecular weight excluding hydrogens is 426 g/mol. The van der Waals surface area contributed by atoms with Crippen molar-refractivity contribution in [2.75, 3.05) is 36.7 Å². The number of benzene rings is 2. The third kappa shape index (κ3) is 3.99. The SMILES string of the molecule is CN(C)c1ccc(C2=NC(O)(C(F)(F)F)CN2c2ccc(S(C)(=O)=O)cc2)cc1F. The molecule has 3 rings (SSSR count). The van der Waals surface area contributed by atoms with Crippen molar-refractivity contribution >= 4 is 27.0 Å². The van der Waals surface area contributed by atoms with Crippen LogP contribution in [0.5, 0.6) is 0 Å². The molecule has 0 saturated carbocycles. The number of hydrogen-bond donors (Lipinski definition) is 1. The molecule has 1 atom stereocenters. The second kappa shape index (κ2) is 7.24. The highest BCUT2D eigenvalue weighted by molar-refractivity contribution is 7.90. The first-order valence-corrected chi connectivity index (χ1v) is 10.6. The zero-order valence-electron chi connectivity index (χ0n) is 16.3. The Hall–Kier alpha value is -2.66. The van der Waals surface area contributed by atoms with Gasteiger partial charge in [-0.2, -0.15) is 13.2 Å². The van der Waals surface area contributed by atoms with E-state index in [1.165, 1.54) is 41.3 Å². The Kier molecular flexibility index (Phi) is 5.32. The van der Waals surface area contributed by atoms with E-state index in [1.54, 1.807) is 14.1 Å². The third-order valence-electron chi connectivity index (χ3n) is 4.64. The normalized spacial score (nSPS) is 19.7. The maximum atomic E-state index is 14.4. The quantitative estimate of drug-likeness (QED) is 0.733. The predicted octanol–water partition coefficient (Wildman–Crippen LogP) is 2.81. The van der Waals surface area contributed by atoms with Crippen molar-refractivity contribution in [3.63, 3.8) is 0 Å². The minimum atomic E-state index is -5.07. The topological polar surface area (TPSA) is 73.2 Å². The first-order chi connectivity index (χ1) is 13.7. The lowest BCUT2D eigenvalue weighted by atomic mass is 10.1. The highest BCUT2D eigenvalue weighted by Gasteiger charge is 2.59. The molecule has 1 aliphatic heterocycles. The molecule has 0 bridgehead atoms. The summed E-state index contributed by atoms with van der Waals surface area (Å²) in [7, 11) is -0.277. The second-order valence-corrected chi connectivity index (χ2v) is 9.18. The molecule has 0 spiro atoms. The van der Waals surface area contributed by atoms with Crippen LogP contribution in [0.4, 0.5) is 28.9 Å². The van der Waals surface area contributed by atoms with Crippen LogP contribution in [-0.2, 0) is 9.84 Å². The van der Waals surface area contributed by atoms with Gasteiger partial charge in [-0.3, -0.25) is 0 Å².